The van der Waals surface area contributed by atoms with E-state index in [1.807, 2.05) is 0 Å². The molecule has 1 aromatic carbocycles. The van der Waals surface area contributed by atoms with E-state index in [0.29, 0.717) is 40.6 Å². The third kappa shape index (κ3) is 5.21. The third-order valence-corrected chi connectivity index (χ3v) is 8.99. The monoisotopic (exact) mass is 578 g/mol. The number of alkyl halides is 1. The van der Waals surface area contributed by atoms with E-state index in [0.717, 1.165) is 21.0 Å². The summed E-state index contributed by atoms with van der Waals surface area (Å²) in [6.45, 7) is 0.739. The van der Waals surface area contributed by atoms with Crippen molar-refractivity contribution in [1.82, 2.24) is 14.9 Å². The first kappa shape index (κ1) is 27.0. The van der Waals surface area contributed by atoms with Crippen LogP contribution in [0.5, 0.6) is 5.75 Å². The molecule has 2 saturated heterocycles. The minimum Gasteiger partial charge on any atom is -0.496 e. The minimum atomic E-state index is -2.58. The van der Waals surface area contributed by atoms with Crippen LogP contribution < -0.4 is 19.7 Å². The molecule has 4 N–H and O–H groups in total. The molecular formula is C24H27FN6O6S2. The molecule has 2 aromatic heterocycles. The van der Waals surface area contributed by atoms with Gasteiger partial charge in [0.15, 0.2) is 5.13 Å². The number of aromatic nitrogens is 2. The van der Waals surface area contributed by atoms with Crippen LogP contribution >= 0.6 is 11.3 Å². The summed E-state index contributed by atoms with van der Waals surface area (Å²) in [4.78, 5) is 37.2. The van der Waals surface area contributed by atoms with Gasteiger partial charge in [0.25, 0.3) is 11.3 Å². The molecule has 2 aliphatic rings. The number of carbonyl (C=O) groups is 2. The summed E-state index contributed by atoms with van der Waals surface area (Å²) in [6, 6.07) is 2.88. The van der Waals surface area contributed by atoms with Crippen molar-refractivity contribution in [2.75, 3.05) is 41.7 Å². The lowest BCUT2D eigenvalue weighted by Crippen LogP contribution is -2.48. The highest BCUT2D eigenvalue weighted by atomic mass is 32.2. The first-order valence-corrected chi connectivity index (χ1v) is 14.1. The zero-order chi connectivity index (χ0) is 27.8. The number of carboxylic acids is 1. The number of carboxylic acid groups (broad SMARTS) is 1. The Hall–Kier alpha value is -3.56. The van der Waals surface area contributed by atoms with Gasteiger partial charge >= 0.3 is 5.97 Å². The number of nitrogens with two attached hydrogens (primary N) is 1. The molecule has 0 spiro atoms. The highest BCUT2D eigenvalue weighted by molar-refractivity contribution is 7.81. The van der Waals surface area contributed by atoms with Crippen LogP contribution in [0, 0.1) is 0 Å². The Morgan fingerprint density at radius 3 is 2.82 bits per heavy atom. The third-order valence-electron chi connectivity index (χ3n) is 7.03. The van der Waals surface area contributed by atoms with E-state index >= 15 is 0 Å². The normalized spacial score (nSPS) is 20.9. The number of carbonyl (C=O) groups excluding carboxylic acids is 1. The summed E-state index contributed by atoms with van der Waals surface area (Å²) >= 11 is -1.50. The van der Waals surface area contributed by atoms with Crippen molar-refractivity contribution in [1.29, 1.82) is 0 Å². The SMILES string of the molecule is COc1cc2c(N)nccc2cc1C[C@H](C(=O)O)N1CC[C@H](N(c2cnc(N3CC[C@@H](F)C3)s2)S(=O)O)C1=O. The average Bonchev–Trinajstić information content (AvgIpc) is 3.63. The van der Waals surface area contributed by atoms with Gasteiger partial charge in [-0.05, 0) is 42.0 Å². The summed E-state index contributed by atoms with van der Waals surface area (Å²) in [7, 11) is 1.46. The van der Waals surface area contributed by atoms with E-state index in [4.69, 9.17) is 10.5 Å². The topological polar surface area (TPSA) is 162 Å². The molecule has 15 heteroatoms. The Morgan fingerprint density at radius 2 is 2.15 bits per heavy atom. The van der Waals surface area contributed by atoms with Crippen LogP contribution in [-0.4, -0.2) is 85.6 Å². The average molecular weight is 579 g/mol. The molecule has 2 aliphatic heterocycles. The highest BCUT2D eigenvalue weighted by Gasteiger charge is 2.44. The van der Waals surface area contributed by atoms with Crippen LogP contribution in [0.15, 0.2) is 30.6 Å². The second-order valence-corrected chi connectivity index (χ2v) is 11.2. The molecule has 1 unspecified atom stereocenters. The van der Waals surface area contributed by atoms with Crippen molar-refractivity contribution in [3.05, 3.63) is 36.2 Å². The zero-order valence-corrected chi connectivity index (χ0v) is 22.5. The van der Waals surface area contributed by atoms with Gasteiger partial charge < -0.3 is 25.4 Å². The maximum Gasteiger partial charge on any atom is 0.326 e. The Labute approximate surface area is 229 Å². The van der Waals surface area contributed by atoms with E-state index in [1.165, 1.54) is 18.2 Å². The molecule has 0 aliphatic carbocycles. The van der Waals surface area contributed by atoms with Crippen molar-refractivity contribution < 1.29 is 32.6 Å². The molecule has 12 nitrogen and oxygen atoms in total. The Bertz CT molecular complexity index is 1440. The molecule has 2 fully saturated rings. The molecule has 39 heavy (non-hydrogen) atoms. The number of thiazole rings is 1. The van der Waals surface area contributed by atoms with Crippen molar-refractivity contribution in [2.24, 2.45) is 0 Å². The summed E-state index contributed by atoms with van der Waals surface area (Å²) in [5.41, 5.74) is 6.53. The summed E-state index contributed by atoms with van der Waals surface area (Å²) < 4.78 is 42.7. The Kier molecular flexibility index (Phi) is 7.55. The maximum atomic E-state index is 13.7. The van der Waals surface area contributed by atoms with Gasteiger partial charge in [-0.1, -0.05) is 11.3 Å². The molecular weight excluding hydrogens is 551 g/mol. The number of nitrogens with zero attached hydrogens (tertiary/aromatic N) is 5. The number of hydrogen-bond donors (Lipinski definition) is 3. The van der Waals surface area contributed by atoms with Gasteiger partial charge in [-0.15, -0.1) is 0 Å². The van der Waals surface area contributed by atoms with Gasteiger partial charge in [0.05, 0.1) is 19.9 Å². The van der Waals surface area contributed by atoms with Crippen LogP contribution in [0.1, 0.15) is 18.4 Å². The summed E-state index contributed by atoms with van der Waals surface area (Å²) in [5, 5.41) is 12.3. The van der Waals surface area contributed by atoms with Crippen LogP contribution in [0.4, 0.5) is 20.3 Å². The molecule has 4 heterocycles. The fraction of sp³-hybridized carbons (Fsp3) is 0.417. The number of halogens is 1. The van der Waals surface area contributed by atoms with Crippen molar-refractivity contribution >= 4 is 61.2 Å². The smallest absolute Gasteiger partial charge is 0.326 e. The number of ether oxygens (including phenoxy) is 1. The van der Waals surface area contributed by atoms with Gasteiger partial charge in [-0.2, -0.15) is 0 Å². The van der Waals surface area contributed by atoms with E-state index in [1.54, 1.807) is 29.3 Å². The lowest BCUT2D eigenvalue weighted by Gasteiger charge is -2.27. The largest absolute Gasteiger partial charge is 0.496 e. The zero-order valence-electron chi connectivity index (χ0n) is 20.9. The van der Waals surface area contributed by atoms with Crippen LogP contribution in [0.25, 0.3) is 10.8 Å². The number of pyridine rings is 1. The Balaban J connectivity index is 1.39. The predicted molar refractivity (Wildman–Crippen MR) is 145 cm³/mol. The van der Waals surface area contributed by atoms with Crippen molar-refractivity contribution in [3.8, 4) is 5.75 Å². The molecule has 5 rings (SSSR count). The lowest BCUT2D eigenvalue weighted by molar-refractivity contribution is -0.148. The Morgan fingerprint density at radius 1 is 1.36 bits per heavy atom. The molecule has 0 radical (unpaired) electrons. The van der Waals surface area contributed by atoms with Crippen LogP contribution in [0.2, 0.25) is 0 Å². The fourth-order valence-electron chi connectivity index (χ4n) is 5.11. The highest BCUT2D eigenvalue weighted by Crippen LogP contribution is 2.36. The molecule has 1 amide bonds. The number of amides is 1. The number of rotatable bonds is 9. The van der Waals surface area contributed by atoms with Gasteiger partial charge in [0.2, 0.25) is 5.91 Å². The number of methoxy groups -OCH3 is 1. The molecule has 208 valence electrons. The first-order valence-electron chi connectivity index (χ1n) is 12.2. The van der Waals surface area contributed by atoms with Crippen molar-refractivity contribution in [3.63, 3.8) is 0 Å². The van der Waals surface area contributed by atoms with E-state index in [-0.39, 0.29) is 30.9 Å². The fourth-order valence-corrected chi connectivity index (χ4v) is 6.94. The van der Waals surface area contributed by atoms with Gasteiger partial charge in [-0.25, -0.2) is 27.7 Å². The van der Waals surface area contributed by atoms with Crippen molar-refractivity contribution in [2.45, 2.75) is 37.5 Å². The van der Waals surface area contributed by atoms with Crippen LogP contribution in [-0.2, 0) is 27.3 Å². The lowest BCUT2D eigenvalue weighted by atomic mass is 10.00. The molecule has 3 aromatic rings. The van der Waals surface area contributed by atoms with Gasteiger partial charge in [0, 0.05) is 31.1 Å². The molecule has 0 bridgehead atoms. The second kappa shape index (κ2) is 10.9. The number of anilines is 3. The van der Waals surface area contributed by atoms with E-state index in [9.17, 15) is 27.8 Å². The molecule has 0 saturated carbocycles. The first-order chi connectivity index (χ1) is 18.7. The van der Waals surface area contributed by atoms with Gasteiger partial charge in [-0.3, -0.25) is 9.35 Å². The van der Waals surface area contributed by atoms with Crippen LogP contribution in [0.3, 0.4) is 0 Å². The number of likely N-dealkylation sites (tertiary alicyclic amines) is 1. The van der Waals surface area contributed by atoms with E-state index in [2.05, 4.69) is 9.97 Å². The molecule has 4 atom stereocenters. The standard InChI is InChI=1S/C24H27FN6O6S2/c1-37-19-10-16-13(2-5-27-21(16)26)8-14(19)9-18(23(33)34)30-7-4-17(22(30)32)31(39(35)36)20-11-28-24(38-20)29-6-3-15(25)12-29/h2,5,8,10-11,15,17-18H,3-4,6-7,9,12H2,1H3,(H2,26,27)(H,33,34)(H,35,36)/t15-,17+,18-/m1/s1. The minimum absolute atomic E-state index is 0.0542. The number of hydrogen-bond acceptors (Lipinski definition) is 9. The van der Waals surface area contributed by atoms with Gasteiger partial charge in [0.1, 0.15) is 34.8 Å². The quantitative estimate of drug-likeness (QED) is 0.321. The maximum absolute atomic E-state index is 13.7. The predicted octanol–water partition coefficient (Wildman–Crippen LogP) is 2.07. The van der Waals surface area contributed by atoms with E-state index < -0.39 is 41.4 Å². The number of fused-ring (bicyclic) bond motifs is 1. The number of aliphatic carboxylic acids is 1. The summed E-state index contributed by atoms with van der Waals surface area (Å²) in [6.07, 6.45) is 2.42. The number of benzene rings is 1. The summed E-state index contributed by atoms with van der Waals surface area (Å²) in [5.74, 6) is -1.09. The number of nitrogen functional groups attached to an aromatic ring is 1. The second-order valence-electron chi connectivity index (χ2n) is 9.35.